The van der Waals surface area contributed by atoms with Gasteiger partial charge in [-0.15, -0.1) is 13.2 Å². The zero-order chi connectivity index (χ0) is 17.3. The number of ether oxygens (including phenoxy) is 1. The van der Waals surface area contributed by atoms with Gasteiger partial charge in [-0.1, -0.05) is 23.2 Å². The number of carbonyl (C=O) groups is 1. The van der Waals surface area contributed by atoms with Crippen molar-refractivity contribution in [2.24, 2.45) is 0 Å². The molecule has 0 aliphatic rings. The molecule has 0 saturated carbocycles. The van der Waals surface area contributed by atoms with Crippen molar-refractivity contribution in [1.29, 1.82) is 0 Å². The van der Waals surface area contributed by atoms with Crippen LogP contribution < -0.4 is 5.32 Å². The molecule has 0 bridgehead atoms. The van der Waals surface area contributed by atoms with Crippen molar-refractivity contribution in [1.82, 2.24) is 0 Å². The van der Waals surface area contributed by atoms with E-state index in [9.17, 15) is 35.5 Å². The second kappa shape index (κ2) is 6.09. The van der Waals surface area contributed by atoms with E-state index in [2.05, 4.69) is 0 Å². The minimum Gasteiger partial charge on any atom is -0.319 e. The van der Waals surface area contributed by atoms with Gasteiger partial charge >= 0.3 is 24.3 Å². The van der Waals surface area contributed by atoms with E-state index >= 15 is 0 Å². The van der Waals surface area contributed by atoms with Crippen LogP contribution >= 0.6 is 23.2 Å². The van der Waals surface area contributed by atoms with Gasteiger partial charge in [0, 0.05) is 5.02 Å². The van der Waals surface area contributed by atoms with Crippen molar-refractivity contribution in [3.8, 4) is 0 Å². The highest BCUT2D eigenvalue weighted by Gasteiger charge is 2.67. The highest BCUT2D eigenvalue weighted by molar-refractivity contribution is 6.36. The first kappa shape index (κ1) is 18.8. The van der Waals surface area contributed by atoms with Crippen LogP contribution in [0.15, 0.2) is 18.2 Å². The Morgan fingerprint density at radius 1 is 1.05 bits per heavy atom. The van der Waals surface area contributed by atoms with Crippen molar-refractivity contribution in [3.63, 3.8) is 0 Å². The van der Waals surface area contributed by atoms with E-state index in [-0.39, 0.29) is 5.02 Å². The predicted molar refractivity (Wildman–Crippen MR) is 62.1 cm³/mol. The Bertz CT molecular complexity index is 577. The lowest BCUT2D eigenvalue weighted by molar-refractivity contribution is -0.457. The molecule has 0 aliphatic carbocycles. The zero-order valence-electron chi connectivity index (χ0n) is 9.95. The van der Waals surface area contributed by atoms with Crippen molar-refractivity contribution in [2.75, 3.05) is 5.32 Å². The van der Waals surface area contributed by atoms with Crippen LogP contribution in [0.4, 0.5) is 36.4 Å². The Morgan fingerprint density at radius 3 is 2.05 bits per heavy atom. The van der Waals surface area contributed by atoms with Crippen molar-refractivity contribution in [2.45, 2.75) is 18.4 Å². The van der Waals surface area contributed by atoms with Gasteiger partial charge in [-0.05, 0) is 18.2 Å². The molecule has 0 aliphatic heterocycles. The molecule has 22 heavy (non-hydrogen) atoms. The van der Waals surface area contributed by atoms with Crippen LogP contribution in [0.25, 0.3) is 0 Å². The van der Waals surface area contributed by atoms with Crippen LogP contribution in [-0.2, 0) is 9.53 Å². The molecule has 12 heteroatoms. The van der Waals surface area contributed by atoms with Crippen LogP contribution in [0.5, 0.6) is 0 Å². The van der Waals surface area contributed by atoms with Gasteiger partial charge in [0.2, 0.25) is 0 Å². The van der Waals surface area contributed by atoms with Gasteiger partial charge in [-0.3, -0.25) is 4.79 Å². The number of alkyl halides is 7. The summed E-state index contributed by atoms with van der Waals surface area (Å²) in [5, 5.41) is 0.913. The quantitative estimate of drug-likeness (QED) is 0.777. The van der Waals surface area contributed by atoms with E-state index in [0.29, 0.717) is 0 Å². The average molecular weight is 374 g/mol. The molecule has 3 nitrogen and oxygen atoms in total. The van der Waals surface area contributed by atoms with Crippen molar-refractivity contribution in [3.05, 3.63) is 28.2 Å². The Hall–Kier alpha value is -1.26. The number of benzene rings is 1. The first-order valence-electron chi connectivity index (χ1n) is 5.05. The largest absolute Gasteiger partial charge is 0.527 e. The summed E-state index contributed by atoms with van der Waals surface area (Å²) < 4.78 is 89.0. The SMILES string of the molecule is O=C(Nc1ccc(Cl)cc1Cl)C(F)(F)C(F)(F)OC(F)(F)F. The molecule has 0 atom stereocenters. The molecule has 0 heterocycles. The molecular weight excluding hydrogens is 370 g/mol. The Balaban J connectivity index is 2.99. The number of hydrogen-bond donors (Lipinski definition) is 1. The predicted octanol–water partition coefficient (Wildman–Crippen LogP) is 4.70. The van der Waals surface area contributed by atoms with E-state index < -0.39 is 35.0 Å². The minimum atomic E-state index is -6.12. The van der Waals surface area contributed by atoms with Gasteiger partial charge in [0.15, 0.2) is 0 Å². The summed E-state index contributed by atoms with van der Waals surface area (Å²) >= 11 is 11.0. The number of rotatable bonds is 4. The van der Waals surface area contributed by atoms with Gasteiger partial charge in [0.1, 0.15) is 0 Å². The zero-order valence-corrected chi connectivity index (χ0v) is 11.5. The van der Waals surface area contributed by atoms with E-state index in [4.69, 9.17) is 23.2 Å². The summed E-state index contributed by atoms with van der Waals surface area (Å²) in [6.07, 6.45) is -12.2. The van der Waals surface area contributed by atoms with Crippen molar-refractivity contribution >= 4 is 34.8 Å². The lowest BCUT2D eigenvalue weighted by Gasteiger charge is -2.25. The van der Waals surface area contributed by atoms with Crippen LogP contribution in [0.1, 0.15) is 0 Å². The summed E-state index contributed by atoms with van der Waals surface area (Å²) in [6, 6.07) is 2.95. The maximum atomic E-state index is 13.2. The Labute approximate surface area is 127 Å². The maximum Gasteiger partial charge on any atom is 0.527 e. The Kier molecular flexibility index (Phi) is 5.20. The molecule has 0 unspecified atom stereocenters. The highest BCUT2D eigenvalue weighted by atomic mass is 35.5. The summed E-state index contributed by atoms with van der Waals surface area (Å²) in [5.74, 6) is -8.56. The van der Waals surface area contributed by atoms with Crippen molar-refractivity contribution < 1.29 is 40.3 Å². The first-order chi connectivity index (χ1) is 9.76. The molecule has 124 valence electrons. The first-order valence-corrected chi connectivity index (χ1v) is 5.81. The third-order valence-corrected chi connectivity index (χ3v) is 2.62. The number of halogens is 9. The number of amides is 1. The van der Waals surface area contributed by atoms with Crippen LogP contribution in [0.2, 0.25) is 10.0 Å². The fourth-order valence-corrected chi connectivity index (χ4v) is 1.59. The fraction of sp³-hybridized carbons (Fsp3) is 0.300. The molecule has 0 saturated heterocycles. The smallest absolute Gasteiger partial charge is 0.319 e. The molecule has 0 fully saturated rings. The second-order valence-corrected chi connectivity index (χ2v) is 4.56. The van der Waals surface area contributed by atoms with Gasteiger partial charge in [-0.25, -0.2) is 4.74 Å². The lowest BCUT2D eigenvalue weighted by atomic mass is 10.2. The molecule has 1 aromatic rings. The molecule has 1 N–H and O–H groups in total. The van der Waals surface area contributed by atoms with Gasteiger partial charge in [0.05, 0.1) is 10.7 Å². The summed E-state index contributed by atoms with van der Waals surface area (Å²) in [6.45, 7) is 0. The third-order valence-electron chi connectivity index (χ3n) is 2.07. The summed E-state index contributed by atoms with van der Waals surface area (Å²) in [5.41, 5.74) is -0.557. The second-order valence-electron chi connectivity index (χ2n) is 3.72. The number of nitrogens with one attached hydrogen (secondary N) is 1. The summed E-state index contributed by atoms with van der Waals surface area (Å²) in [7, 11) is 0. The van der Waals surface area contributed by atoms with Gasteiger partial charge in [0.25, 0.3) is 0 Å². The molecule has 1 aromatic carbocycles. The van der Waals surface area contributed by atoms with Crippen LogP contribution in [0, 0.1) is 0 Å². The molecular formula is C10H4Cl2F7NO2. The van der Waals surface area contributed by atoms with E-state index in [1.165, 1.54) is 5.32 Å². The van der Waals surface area contributed by atoms with E-state index in [1.54, 1.807) is 0 Å². The van der Waals surface area contributed by atoms with Crippen LogP contribution in [0.3, 0.4) is 0 Å². The van der Waals surface area contributed by atoms with E-state index in [1.807, 2.05) is 4.74 Å². The minimum absolute atomic E-state index is 0.0421. The lowest BCUT2D eigenvalue weighted by Crippen LogP contribution is -2.53. The van der Waals surface area contributed by atoms with E-state index in [0.717, 1.165) is 18.2 Å². The van der Waals surface area contributed by atoms with Gasteiger partial charge < -0.3 is 5.32 Å². The third kappa shape index (κ3) is 4.37. The number of anilines is 1. The van der Waals surface area contributed by atoms with Gasteiger partial charge in [-0.2, -0.15) is 17.6 Å². The molecule has 0 radical (unpaired) electrons. The van der Waals surface area contributed by atoms with Crippen LogP contribution in [-0.4, -0.2) is 24.3 Å². The molecule has 0 spiro atoms. The standard InChI is InChI=1S/C10H4Cl2F7NO2/c11-4-1-2-6(5(12)3-4)20-7(21)8(13,14)9(15,16)22-10(17,18)19/h1-3H,(H,20,21). The number of carbonyl (C=O) groups excluding carboxylic acids is 1. The normalized spacial score (nSPS) is 13.1. The monoisotopic (exact) mass is 373 g/mol. The summed E-state index contributed by atoms with van der Waals surface area (Å²) in [4.78, 5) is 11.1. The fourth-order valence-electron chi connectivity index (χ4n) is 1.13. The average Bonchev–Trinajstić information content (AvgIpc) is 2.29. The number of hydrogen-bond acceptors (Lipinski definition) is 2. The molecule has 1 amide bonds. The molecule has 0 aromatic heterocycles. The topological polar surface area (TPSA) is 38.3 Å². The Morgan fingerprint density at radius 2 is 1.59 bits per heavy atom. The molecule has 1 rings (SSSR count). The maximum absolute atomic E-state index is 13.2. The highest BCUT2D eigenvalue weighted by Crippen LogP contribution is 2.41.